The van der Waals surface area contributed by atoms with Gasteiger partial charge in [0.1, 0.15) is 11.8 Å². The largest absolute Gasteiger partial charge is 0.496 e. The van der Waals surface area contributed by atoms with Crippen molar-refractivity contribution in [1.29, 1.82) is 0 Å². The molecule has 3 N–H and O–H groups in total. The lowest BCUT2D eigenvalue weighted by molar-refractivity contribution is 0.215. The van der Waals surface area contributed by atoms with E-state index in [0.717, 1.165) is 24.4 Å². The zero-order valence-corrected chi connectivity index (χ0v) is 9.08. The Balaban J connectivity index is 2.25. The second-order valence-corrected chi connectivity index (χ2v) is 3.71. The third kappa shape index (κ3) is 1.70. The molecule has 14 heavy (non-hydrogen) atoms. The minimum atomic E-state index is -0.134. The van der Waals surface area contributed by atoms with Crippen molar-refractivity contribution in [2.45, 2.75) is 12.5 Å². The molecule has 1 aromatic heterocycles. The molecule has 4 nitrogen and oxygen atoms in total. The van der Waals surface area contributed by atoms with Crippen molar-refractivity contribution in [3.8, 4) is 0 Å². The standard InChI is InChI=1S/C9H11BrN2O2/c10-9-6(3-5-14-9)8(12-11)7-2-1-4-13-7/h2-3,5,8,12H,1,4,11H2. The maximum absolute atomic E-state index is 5.48. The average molecular weight is 259 g/mol. The highest BCUT2D eigenvalue weighted by Gasteiger charge is 2.22. The van der Waals surface area contributed by atoms with E-state index in [1.165, 1.54) is 0 Å². The zero-order chi connectivity index (χ0) is 9.97. The SMILES string of the molecule is NNC(C1=CCCO1)c1ccoc1Br. The minimum Gasteiger partial charge on any atom is -0.496 e. The molecule has 2 heterocycles. The van der Waals surface area contributed by atoms with Crippen LogP contribution in [-0.4, -0.2) is 6.61 Å². The molecule has 1 aliphatic heterocycles. The molecule has 0 aromatic carbocycles. The van der Waals surface area contributed by atoms with Crippen LogP contribution in [0.1, 0.15) is 18.0 Å². The molecule has 1 atom stereocenters. The summed E-state index contributed by atoms with van der Waals surface area (Å²) in [5.41, 5.74) is 3.65. The van der Waals surface area contributed by atoms with E-state index in [2.05, 4.69) is 21.4 Å². The van der Waals surface area contributed by atoms with Gasteiger partial charge in [-0.05, 0) is 28.1 Å². The molecular weight excluding hydrogens is 248 g/mol. The molecule has 1 unspecified atom stereocenters. The van der Waals surface area contributed by atoms with Gasteiger partial charge in [-0.3, -0.25) is 5.84 Å². The van der Waals surface area contributed by atoms with Crippen LogP contribution >= 0.6 is 15.9 Å². The van der Waals surface area contributed by atoms with Gasteiger partial charge in [0.15, 0.2) is 4.67 Å². The van der Waals surface area contributed by atoms with Gasteiger partial charge in [-0.1, -0.05) is 0 Å². The van der Waals surface area contributed by atoms with Gasteiger partial charge in [0, 0.05) is 12.0 Å². The zero-order valence-electron chi connectivity index (χ0n) is 7.50. The fraction of sp³-hybridized carbons (Fsp3) is 0.333. The molecule has 0 spiro atoms. The summed E-state index contributed by atoms with van der Waals surface area (Å²) in [6.07, 6.45) is 4.58. The van der Waals surface area contributed by atoms with Gasteiger partial charge < -0.3 is 9.15 Å². The third-order valence-electron chi connectivity index (χ3n) is 2.14. The highest BCUT2D eigenvalue weighted by molar-refractivity contribution is 9.10. The second-order valence-electron chi connectivity index (χ2n) is 2.99. The first-order valence-electron chi connectivity index (χ1n) is 4.35. The number of hydrazine groups is 1. The molecule has 0 aliphatic carbocycles. The van der Waals surface area contributed by atoms with Crippen molar-refractivity contribution in [1.82, 2.24) is 5.43 Å². The van der Waals surface area contributed by atoms with Crippen molar-refractivity contribution in [3.05, 3.63) is 34.4 Å². The van der Waals surface area contributed by atoms with Crippen molar-refractivity contribution < 1.29 is 9.15 Å². The van der Waals surface area contributed by atoms with E-state index < -0.39 is 0 Å². The molecule has 0 amide bonds. The highest BCUT2D eigenvalue weighted by Crippen LogP contribution is 2.31. The Morgan fingerprint density at radius 2 is 2.43 bits per heavy atom. The van der Waals surface area contributed by atoms with Gasteiger partial charge in [-0.2, -0.15) is 0 Å². The van der Waals surface area contributed by atoms with Crippen molar-refractivity contribution >= 4 is 15.9 Å². The summed E-state index contributed by atoms with van der Waals surface area (Å²) in [5, 5.41) is 0. The number of hydrogen-bond acceptors (Lipinski definition) is 4. The van der Waals surface area contributed by atoms with Crippen LogP contribution in [0.5, 0.6) is 0 Å². The summed E-state index contributed by atoms with van der Waals surface area (Å²) in [6.45, 7) is 0.725. The number of rotatable bonds is 3. The van der Waals surface area contributed by atoms with Crippen LogP contribution in [0, 0.1) is 0 Å². The smallest absolute Gasteiger partial charge is 0.174 e. The van der Waals surface area contributed by atoms with E-state index in [9.17, 15) is 0 Å². The van der Waals surface area contributed by atoms with Crippen molar-refractivity contribution in [3.63, 3.8) is 0 Å². The molecule has 5 heteroatoms. The van der Waals surface area contributed by atoms with E-state index in [0.29, 0.717) is 4.67 Å². The van der Waals surface area contributed by atoms with Crippen LogP contribution < -0.4 is 11.3 Å². The van der Waals surface area contributed by atoms with Crippen molar-refractivity contribution in [2.75, 3.05) is 6.61 Å². The molecule has 76 valence electrons. The molecule has 0 radical (unpaired) electrons. The fourth-order valence-corrected chi connectivity index (χ4v) is 1.94. The average Bonchev–Trinajstić information content (AvgIpc) is 2.80. The van der Waals surface area contributed by atoms with Crippen LogP contribution in [0.2, 0.25) is 0 Å². The normalized spacial score (nSPS) is 17.7. The Labute approximate surface area is 90.2 Å². The number of nitrogens with one attached hydrogen (secondary N) is 1. The van der Waals surface area contributed by atoms with Crippen molar-refractivity contribution in [2.24, 2.45) is 5.84 Å². The lowest BCUT2D eigenvalue weighted by Gasteiger charge is -2.15. The summed E-state index contributed by atoms with van der Waals surface area (Å²) in [7, 11) is 0. The van der Waals surface area contributed by atoms with Gasteiger partial charge in [0.05, 0.1) is 12.9 Å². The first-order chi connectivity index (χ1) is 6.83. The molecule has 0 saturated carbocycles. The molecule has 1 aromatic rings. The van der Waals surface area contributed by atoms with E-state index >= 15 is 0 Å². The van der Waals surface area contributed by atoms with Gasteiger partial charge in [0.2, 0.25) is 0 Å². The van der Waals surface area contributed by atoms with Crippen LogP contribution in [0.25, 0.3) is 0 Å². The lowest BCUT2D eigenvalue weighted by Crippen LogP contribution is -2.29. The summed E-state index contributed by atoms with van der Waals surface area (Å²) in [6, 6.07) is 1.72. The summed E-state index contributed by atoms with van der Waals surface area (Å²) >= 11 is 3.31. The second kappa shape index (κ2) is 4.16. The Morgan fingerprint density at radius 3 is 2.93 bits per heavy atom. The topological polar surface area (TPSA) is 60.4 Å². The Kier molecular flexibility index (Phi) is 2.90. The third-order valence-corrected chi connectivity index (χ3v) is 2.79. The molecule has 1 aliphatic rings. The van der Waals surface area contributed by atoms with E-state index in [1.807, 2.05) is 12.1 Å². The van der Waals surface area contributed by atoms with E-state index in [4.69, 9.17) is 15.0 Å². The highest BCUT2D eigenvalue weighted by atomic mass is 79.9. The fourth-order valence-electron chi connectivity index (χ4n) is 1.47. The molecule has 0 fully saturated rings. The monoisotopic (exact) mass is 258 g/mol. The number of furan rings is 1. The number of halogens is 1. The summed E-state index contributed by atoms with van der Waals surface area (Å²) < 4.78 is 11.3. The maximum Gasteiger partial charge on any atom is 0.174 e. The number of ether oxygens (including phenoxy) is 1. The van der Waals surface area contributed by atoms with Gasteiger partial charge in [-0.15, -0.1) is 0 Å². The van der Waals surface area contributed by atoms with Crippen LogP contribution in [0.4, 0.5) is 0 Å². The quantitative estimate of drug-likeness (QED) is 0.642. The number of nitrogens with two attached hydrogens (primary N) is 1. The minimum absolute atomic E-state index is 0.134. The lowest BCUT2D eigenvalue weighted by atomic mass is 10.1. The molecule has 2 rings (SSSR count). The predicted molar refractivity (Wildman–Crippen MR) is 55.1 cm³/mol. The summed E-state index contributed by atoms with van der Waals surface area (Å²) in [5.74, 6) is 6.34. The number of hydrogen-bond donors (Lipinski definition) is 2. The van der Waals surface area contributed by atoms with E-state index in [1.54, 1.807) is 6.26 Å². The molecular formula is C9H11BrN2O2. The van der Waals surface area contributed by atoms with Gasteiger partial charge in [-0.25, -0.2) is 5.43 Å². The van der Waals surface area contributed by atoms with Gasteiger partial charge in [0.25, 0.3) is 0 Å². The van der Waals surface area contributed by atoms with Crippen LogP contribution in [0.3, 0.4) is 0 Å². The first kappa shape index (κ1) is 9.76. The summed E-state index contributed by atoms with van der Waals surface area (Å²) in [4.78, 5) is 0. The van der Waals surface area contributed by atoms with E-state index in [-0.39, 0.29) is 6.04 Å². The Morgan fingerprint density at radius 1 is 1.57 bits per heavy atom. The molecule has 0 bridgehead atoms. The first-order valence-corrected chi connectivity index (χ1v) is 5.14. The Hall–Kier alpha value is -0.780. The maximum atomic E-state index is 5.48. The van der Waals surface area contributed by atoms with Crippen LogP contribution in [-0.2, 0) is 4.74 Å². The molecule has 0 saturated heterocycles. The predicted octanol–water partition coefficient (Wildman–Crippen LogP) is 1.85. The van der Waals surface area contributed by atoms with Gasteiger partial charge >= 0.3 is 0 Å². The van der Waals surface area contributed by atoms with Crippen LogP contribution in [0.15, 0.2) is 33.3 Å². The Bertz CT molecular complexity index is 348.